The largest absolute Gasteiger partial charge is 0.464 e. The van der Waals surface area contributed by atoms with Crippen molar-refractivity contribution in [3.05, 3.63) is 40.9 Å². The van der Waals surface area contributed by atoms with Crippen molar-refractivity contribution in [2.45, 2.75) is 20.8 Å². The van der Waals surface area contributed by atoms with Gasteiger partial charge in [-0.1, -0.05) is 37.6 Å². The lowest BCUT2D eigenvalue weighted by Gasteiger charge is -2.01. The van der Waals surface area contributed by atoms with Crippen molar-refractivity contribution >= 4 is 17.6 Å². The zero-order valence-corrected chi connectivity index (χ0v) is 12.1. The zero-order chi connectivity index (χ0) is 14.4. The highest BCUT2D eigenvalue weighted by Crippen LogP contribution is 2.31. The van der Waals surface area contributed by atoms with E-state index >= 15 is 0 Å². The smallest absolute Gasteiger partial charge is 0.360 e. The molecule has 102 valence electrons. The number of halogens is 1. The van der Waals surface area contributed by atoms with E-state index in [9.17, 15) is 4.79 Å². The Kier molecular flexibility index (Phi) is 5.57. The molecule has 2 rings (SSSR count). The Morgan fingerprint density at radius 2 is 1.95 bits per heavy atom. The van der Waals surface area contributed by atoms with Gasteiger partial charge in [-0.2, -0.15) is 0 Å². The number of aromatic nitrogens is 1. The van der Waals surface area contributed by atoms with Crippen LogP contribution in [-0.2, 0) is 4.74 Å². The van der Waals surface area contributed by atoms with Crippen LogP contribution < -0.4 is 0 Å². The number of carbonyl (C=O) groups is 1. The standard InChI is InChI=1S/C12H10ClNO3.C2H6/c1-7-14-10(12(15)16-2)11(17-7)8-5-3-4-6-9(8)13;1-2/h3-6H,1-2H3;1-2H3. The summed E-state index contributed by atoms with van der Waals surface area (Å²) >= 11 is 6.05. The SMILES string of the molecule is CC.COC(=O)c1nc(C)oc1-c1ccccc1Cl. The van der Waals surface area contributed by atoms with E-state index in [1.807, 2.05) is 13.8 Å². The summed E-state index contributed by atoms with van der Waals surface area (Å²) in [7, 11) is 1.29. The molecule has 0 aliphatic carbocycles. The fourth-order valence-electron chi connectivity index (χ4n) is 1.49. The summed E-state index contributed by atoms with van der Waals surface area (Å²) in [6.07, 6.45) is 0. The molecule has 0 N–H and O–H groups in total. The van der Waals surface area contributed by atoms with Gasteiger partial charge in [-0.3, -0.25) is 0 Å². The molecular weight excluding hydrogens is 266 g/mol. The van der Waals surface area contributed by atoms with Gasteiger partial charge in [0.1, 0.15) is 0 Å². The van der Waals surface area contributed by atoms with E-state index in [4.69, 9.17) is 16.0 Å². The van der Waals surface area contributed by atoms with Gasteiger partial charge in [-0.05, 0) is 12.1 Å². The molecule has 5 heteroatoms. The molecule has 1 heterocycles. The van der Waals surface area contributed by atoms with Gasteiger partial charge < -0.3 is 9.15 Å². The fraction of sp³-hybridized carbons (Fsp3) is 0.286. The molecule has 0 spiro atoms. The first-order chi connectivity index (χ1) is 9.13. The third kappa shape index (κ3) is 3.35. The van der Waals surface area contributed by atoms with Crippen molar-refractivity contribution < 1.29 is 13.9 Å². The monoisotopic (exact) mass is 281 g/mol. The van der Waals surface area contributed by atoms with E-state index in [0.717, 1.165) is 0 Å². The average Bonchev–Trinajstić information content (AvgIpc) is 2.82. The minimum absolute atomic E-state index is 0.137. The molecule has 0 bridgehead atoms. The zero-order valence-electron chi connectivity index (χ0n) is 11.4. The Labute approximate surface area is 117 Å². The van der Waals surface area contributed by atoms with Gasteiger partial charge in [0.25, 0.3) is 0 Å². The van der Waals surface area contributed by atoms with Crippen molar-refractivity contribution in [2.24, 2.45) is 0 Å². The number of hydrogen-bond acceptors (Lipinski definition) is 4. The van der Waals surface area contributed by atoms with Gasteiger partial charge >= 0.3 is 5.97 Å². The number of ether oxygens (including phenoxy) is 1. The van der Waals surface area contributed by atoms with E-state index in [1.54, 1.807) is 31.2 Å². The fourth-order valence-corrected chi connectivity index (χ4v) is 1.71. The van der Waals surface area contributed by atoms with Crippen LogP contribution in [0.15, 0.2) is 28.7 Å². The summed E-state index contributed by atoms with van der Waals surface area (Å²) in [6.45, 7) is 5.66. The second kappa shape index (κ2) is 6.95. The quantitative estimate of drug-likeness (QED) is 0.777. The Morgan fingerprint density at radius 1 is 1.32 bits per heavy atom. The second-order valence-corrected chi connectivity index (χ2v) is 3.79. The lowest BCUT2D eigenvalue weighted by molar-refractivity contribution is 0.0595. The molecule has 1 aromatic heterocycles. The first-order valence-electron chi connectivity index (χ1n) is 5.94. The third-order valence-electron chi connectivity index (χ3n) is 2.23. The first kappa shape index (κ1) is 15.2. The summed E-state index contributed by atoms with van der Waals surface area (Å²) in [5, 5.41) is 0.494. The van der Waals surface area contributed by atoms with Crippen LogP contribution in [0.1, 0.15) is 30.2 Å². The maximum Gasteiger partial charge on any atom is 0.360 e. The number of nitrogens with zero attached hydrogens (tertiary/aromatic N) is 1. The number of oxazole rings is 1. The van der Waals surface area contributed by atoms with Crippen molar-refractivity contribution in [2.75, 3.05) is 7.11 Å². The summed E-state index contributed by atoms with van der Waals surface area (Å²) in [6, 6.07) is 7.08. The molecule has 0 atom stereocenters. The molecule has 0 amide bonds. The highest BCUT2D eigenvalue weighted by molar-refractivity contribution is 6.33. The van der Waals surface area contributed by atoms with Crippen LogP contribution in [0, 0.1) is 6.92 Å². The summed E-state index contributed by atoms with van der Waals surface area (Å²) in [5.74, 6) is 0.178. The molecule has 0 fully saturated rings. The van der Waals surface area contributed by atoms with Crippen molar-refractivity contribution in [3.63, 3.8) is 0 Å². The topological polar surface area (TPSA) is 52.3 Å². The van der Waals surface area contributed by atoms with Gasteiger partial charge in [-0.25, -0.2) is 9.78 Å². The summed E-state index contributed by atoms with van der Waals surface area (Å²) < 4.78 is 10.1. The molecule has 0 radical (unpaired) electrons. The van der Waals surface area contributed by atoms with Crippen LogP contribution in [0.2, 0.25) is 5.02 Å². The number of methoxy groups -OCH3 is 1. The Bertz CT molecular complexity index is 564. The minimum Gasteiger partial charge on any atom is -0.464 e. The van der Waals surface area contributed by atoms with Crippen molar-refractivity contribution in [1.82, 2.24) is 4.98 Å². The van der Waals surface area contributed by atoms with E-state index in [1.165, 1.54) is 7.11 Å². The van der Waals surface area contributed by atoms with E-state index < -0.39 is 5.97 Å². The predicted molar refractivity (Wildman–Crippen MR) is 74.4 cm³/mol. The molecule has 0 saturated heterocycles. The first-order valence-corrected chi connectivity index (χ1v) is 6.32. The molecule has 1 aromatic carbocycles. The number of aryl methyl sites for hydroxylation is 1. The van der Waals surface area contributed by atoms with Gasteiger partial charge in [-0.15, -0.1) is 0 Å². The molecule has 0 aliphatic heterocycles. The number of esters is 1. The molecule has 0 saturated carbocycles. The highest BCUT2D eigenvalue weighted by Gasteiger charge is 2.21. The Balaban J connectivity index is 0.000000861. The van der Waals surface area contributed by atoms with Crippen LogP contribution in [-0.4, -0.2) is 18.1 Å². The van der Waals surface area contributed by atoms with Crippen LogP contribution in [0.3, 0.4) is 0 Å². The van der Waals surface area contributed by atoms with Crippen LogP contribution in [0.5, 0.6) is 0 Å². The summed E-state index contributed by atoms with van der Waals surface area (Å²) in [4.78, 5) is 15.5. The van der Waals surface area contributed by atoms with Gasteiger partial charge in [0.05, 0.1) is 12.1 Å². The van der Waals surface area contributed by atoms with E-state index in [-0.39, 0.29) is 5.69 Å². The molecule has 2 aromatic rings. The lowest BCUT2D eigenvalue weighted by atomic mass is 10.1. The minimum atomic E-state index is -0.545. The van der Waals surface area contributed by atoms with Gasteiger partial charge in [0.2, 0.25) is 0 Å². The average molecular weight is 282 g/mol. The van der Waals surface area contributed by atoms with Crippen LogP contribution in [0.4, 0.5) is 0 Å². The Morgan fingerprint density at radius 3 is 2.53 bits per heavy atom. The molecule has 19 heavy (non-hydrogen) atoms. The van der Waals surface area contributed by atoms with Gasteiger partial charge in [0, 0.05) is 12.5 Å². The molecule has 0 unspecified atom stereocenters. The number of rotatable bonds is 2. The third-order valence-corrected chi connectivity index (χ3v) is 2.56. The number of hydrogen-bond donors (Lipinski definition) is 0. The normalized spacial score (nSPS) is 9.53. The Hall–Kier alpha value is -1.81. The number of carbonyl (C=O) groups excluding carboxylic acids is 1. The van der Waals surface area contributed by atoms with Gasteiger partial charge in [0.15, 0.2) is 17.3 Å². The highest BCUT2D eigenvalue weighted by atomic mass is 35.5. The molecule has 4 nitrogen and oxygen atoms in total. The summed E-state index contributed by atoms with van der Waals surface area (Å²) in [5.41, 5.74) is 0.758. The van der Waals surface area contributed by atoms with Crippen molar-refractivity contribution in [1.29, 1.82) is 0 Å². The maximum atomic E-state index is 11.5. The lowest BCUT2D eigenvalue weighted by Crippen LogP contribution is -2.03. The van der Waals surface area contributed by atoms with Crippen LogP contribution in [0.25, 0.3) is 11.3 Å². The van der Waals surface area contributed by atoms with Crippen LogP contribution >= 0.6 is 11.6 Å². The van der Waals surface area contributed by atoms with Crippen molar-refractivity contribution in [3.8, 4) is 11.3 Å². The molecular formula is C14H16ClNO3. The van der Waals surface area contributed by atoms with E-state index in [2.05, 4.69) is 9.72 Å². The van der Waals surface area contributed by atoms with E-state index in [0.29, 0.717) is 22.2 Å². The maximum absolute atomic E-state index is 11.5. The molecule has 0 aliphatic rings. The predicted octanol–water partition coefficient (Wildman–Crippen LogP) is 4.12. The number of benzene rings is 1. The second-order valence-electron chi connectivity index (χ2n) is 3.38.